The molecule has 0 bridgehead atoms. The van der Waals surface area contributed by atoms with Crippen LogP contribution in [0.25, 0.3) is 0 Å². The molecule has 0 aliphatic carbocycles. The van der Waals surface area contributed by atoms with E-state index in [0.29, 0.717) is 36.6 Å². The van der Waals surface area contributed by atoms with Gasteiger partial charge in [0.15, 0.2) is 11.4 Å². The summed E-state index contributed by atoms with van der Waals surface area (Å²) in [6, 6.07) is 22.2. The lowest BCUT2D eigenvalue weighted by Gasteiger charge is -2.24. The van der Waals surface area contributed by atoms with E-state index in [1.807, 2.05) is 24.5 Å². The van der Waals surface area contributed by atoms with Gasteiger partial charge in [-0.2, -0.15) is 0 Å². The highest BCUT2D eigenvalue weighted by molar-refractivity contribution is 7.98. The summed E-state index contributed by atoms with van der Waals surface area (Å²) in [5.74, 6) is 0.495. The van der Waals surface area contributed by atoms with E-state index in [2.05, 4.69) is 24.3 Å². The molecule has 7 heteroatoms. The number of rotatable bonds is 9. The maximum atomic E-state index is 15.2. The van der Waals surface area contributed by atoms with Crippen molar-refractivity contribution in [1.82, 2.24) is 4.90 Å². The predicted molar refractivity (Wildman–Crippen MR) is 148 cm³/mol. The van der Waals surface area contributed by atoms with Crippen LogP contribution in [-0.4, -0.2) is 41.7 Å². The molecule has 38 heavy (non-hydrogen) atoms. The van der Waals surface area contributed by atoms with Crippen molar-refractivity contribution < 1.29 is 23.5 Å². The minimum absolute atomic E-state index is 0.0495. The normalized spacial score (nSPS) is 17.3. The van der Waals surface area contributed by atoms with Crippen LogP contribution >= 0.6 is 11.8 Å². The highest BCUT2D eigenvalue weighted by Gasteiger charge is 2.37. The van der Waals surface area contributed by atoms with E-state index >= 15 is 4.39 Å². The van der Waals surface area contributed by atoms with Gasteiger partial charge in [0.1, 0.15) is 17.3 Å². The first-order chi connectivity index (χ1) is 18.1. The number of amides is 1. The number of likely N-dealkylation sites (tertiary alicyclic amines) is 1. The second-order valence-electron chi connectivity index (χ2n) is 10.3. The molecule has 0 N–H and O–H groups in total. The molecule has 200 valence electrons. The molecule has 3 aromatic carbocycles. The van der Waals surface area contributed by atoms with Crippen molar-refractivity contribution in [2.45, 2.75) is 44.1 Å². The molecule has 1 saturated heterocycles. The highest BCUT2D eigenvalue weighted by Crippen LogP contribution is 2.33. The van der Waals surface area contributed by atoms with Crippen molar-refractivity contribution in [3.8, 4) is 11.5 Å². The molecular weight excluding hydrogens is 501 g/mol. The first-order valence-corrected chi connectivity index (χ1v) is 14.0. The molecule has 0 radical (unpaired) electrons. The van der Waals surface area contributed by atoms with Crippen LogP contribution < -0.4 is 9.47 Å². The number of thioether (sulfide) groups is 1. The average Bonchev–Trinajstić information content (AvgIpc) is 3.28. The van der Waals surface area contributed by atoms with E-state index in [1.165, 1.54) is 23.4 Å². The van der Waals surface area contributed by atoms with Crippen molar-refractivity contribution in [3.63, 3.8) is 0 Å². The molecular formula is C31H34FNO4S. The predicted octanol–water partition coefficient (Wildman–Crippen LogP) is 6.83. The summed E-state index contributed by atoms with van der Waals surface area (Å²) < 4.78 is 26.5. The maximum Gasteiger partial charge on any atom is 0.415 e. The van der Waals surface area contributed by atoms with Gasteiger partial charge in [0.05, 0.1) is 0 Å². The van der Waals surface area contributed by atoms with Gasteiger partial charge in [0, 0.05) is 24.1 Å². The Hall–Kier alpha value is -3.32. The summed E-state index contributed by atoms with van der Waals surface area (Å²) in [5.41, 5.74) is 0.714. The Kier molecular flexibility index (Phi) is 8.77. The summed E-state index contributed by atoms with van der Waals surface area (Å²) in [6.45, 7) is 5.80. The number of ether oxygens (including phenoxy) is 2. The molecule has 3 aromatic rings. The van der Waals surface area contributed by atoms with Crippen molar-refractivity contribution in [3.05, 3.63) is 89.7 Å². The maximum absolute atomic E-state index is 15.2. The van der Waals surface area contributed by atoms with E-state index in [0.717, 1.165) is 6.42 Å². The number of hydrogen-bond acceptors (Lipinski definition) is 5. The van der Waals surface area contributed by atoms with Crippen LogP contribution in [0.3, 0.4) is 0 Å². The van der Waals surface area contributed by atoms with Crippen LogP contribution in [0.15, 0.2) is 77.7 Å². The number of ketones is 1. The minimum Gasteiger partial charge on any atom is -0.480 e. The molecule has 4 rings (SSSR count). The van der Waals surface area contributed by atoms with Crippen LogP contribution in [-0.2, 0) is 17.6 Å². The summed E-state index contributed by atoms with van der Waals surface area (Å²) in [5, 5.41) is 0. The topological polar surface area (TPSA) is 55.8 Å². The average molecular weight is 536 g/mol. The molecule has 1 amide bonds. The molecule has 1 aliphatic rings. The van der Waals surface area contributed by atoms with Crippen molar-refractivity contribution in [1.29, 1.82) is 0 Å². The summed E-state index contributed by atoms with van der Waals surface area (Å²) >= 11 is 1.70. The van der Waals surface area contributed by atoms with E-state index in [9.17, 15) is 9.59 Å². The molecule has 1 aliphatic heterocycles. The van der Waals surface area contributed by atoms with Crippen LogP contribution in [0.5, 0.6) is 11.5 Å². The van der Waals surface area contributed by atoms with Gasteiger partial charge in [-0.25, -0.2) is 9.18 Å². The SMILES string of the molecule is CSc1ccc(C[C@@H]2CN(C(=O)Oc3ccccc3)C[C@H]2Cc2ccc(OC(C)(C)C(C)=O)cc2F)cc1. The Morgan fingerprint density at radius 3 is 2.21 bits per heavy atom. The van der Waals surface area contributed by atoms with Crippen LogP contribution in [0.1, 0.15) is 31.9 Å². The molecule has 1 heterocycles. The van der Waals surface area contributed by atoms with Gasteiger partial charge in [-0.1, -0.05) is 36.4 Å². The fraction of sp³-hybridized carbons (Fsp3) is 0.355. The van der Waals surface area contributed by atoms with Crippen LogP contribution in [0.2, 0.25) is 0 Å². The number of carbonyl (C=O) groups excluding carboxylic acids is 2. The summed E-state index contributed by atoms with van der Waals surface area (Å²) in [4.78, 5) is 27.7. The smallest absolute Gasteiger partial charge is 0.415 e. The molecule has 0 aromatic heterocycles. The van der Waals surface area contributed by atoms with Crippen molar-refractivity contribution in [2.75, 3.05) is 19.3 Å². The van der Waals surface area contributed by atoms with Gasteiger partial charge in [-0.05, 0) is 93.2 Å². The third-order valence-electron chi connectivity index (χ3n) is 7.17. The number of hydrogen-bond donors (Lipinski definition) is 0. The fourth-order valence-electron chi connectivity index (χ4n) is 4.67. The lowest BCUT2D eigenvalue weighted by Crippen LogP contribution is -2.36. The lowest BCUT2D eigenvalue weighted by atomic mass is 9.85. The number of para-hydroxylation sites is 1. The van der Waals surface area contributed by atoms with Crippen molar-refractivity contribution >= 4 is 23.6 Å². The summed E-state index contributed by atoms with van der Waals surface area (Å²) in [7, 11) is 0. The van der Waals surface area contributed by atoms with Gasteiger partial charge in [0.25, 0.3) is 0 Å². The van der Waals surface area contributed by atoms with E-state index in [1.54, 1.807) is 54.8 Å². The third kappa shape index (κ3) is 6.95. The highest BCUT2D eigenvalue weighted by atomic mass is 32.2. The quantitative estimate of drug-likeness (QED) is 0.281. The first-order valence-electron chi connectivity index (χ1n) is 12.8. The monoisotopic (exact) mass is 535 g/mol. The van der Waals surface area contributed by atoms with Crippen LogP contribution in [0, 0.1) is 17.7 Å². The van der Waals surface area contributed by atoms with E-state index in [-0.39, 0.29) is 23.4 Å². The fourth-order valence-corrected chi connectivity index (χ4v) is 5.08. The minimum atomic E-state index is -1.03. The van der Waals surface area contributed by atoms with E-state index in [4.69, 9.17) is 9.47 Å². The second-order valence-corrected chi connectivity index (χ2v) is 11.2. The third-order valence-corrected chi connectivity index (χ3v) is 7.91. The number of halogens is 1. The Morgan fingerprint density at radius 2 is 1.61 bits per heavy atom. The number of carbonyl (C=O) groups is 2. The van der Waals surface area contributed by atoms with Gasteiger partial charge in [-0.3, -0.25) is 4.79 Å². The van der Waals surface area contributed by atoms with Crippen LogP contribution in [0.4, 0.5) is 9.18 Å². The van der Waals surface area contributed by atoms with Gasteiger partial charge >= 0.3 is 6.09 Å². The molecule has 0 saturated carbocycles. The molecule has 2 atom stereocenters. The number of Topliss-reactive ketones (excluding diaryl/α,β-unsaturated/α-hetero) is 1. The largest absolute Gasteiger partial charge is 0.480 e. The zero-order chi connectivity index (χ0) is 27.3. The Morgan fingerprint density at radius 1 is 0.947 bits per heavy atom. The lowest BCUT2D eigenvalue weighted by molar-refractivity contribution is -0.129. The van der Waals surface area contributed by atoms with E-state index < -0.39 is 11.7 Å². The zero-order valence-corrected chi connectivity index (χ0v) is 23.1. The second kappa shape index (κ2) is 12.0. The standard InChI is InChI=1S/C31H34FNO4S/c1-21(34)31(2,3)37-27-13-12-23(29(32)18-27)17-25-20-33(30(35)36-26-8-6-5-7-9-26)19-24(25)16-22-10-14-28(38-4)15-11-22/h5-15,18,24-25H,16-17,19-20H2,1-4H3/t24-,25-/m1/s1. The van der Waals surface area contributed by atoms with Crippen molar-refractivity contribution in [2.24, 2.45) is 11.8 Å². The zero-order valence-electron chi connectivity index (χ0n) is 22.3. The number of nitrogens with zero attached hydrogens (tertiary/aromatic N) is 1. The Bertz CT molecular complexity index is 1260. The van der Waals surface area contributed by atoms with Gasteiger partial charge in [-0.15, -0.1) is 11.8 Å². The summed E-state index contributed by atoms with van der Waals surface area (Å²) in [6.07, 6.45) is 2.91. The molecule has 0 spiro atoms. The molecule has 5 nitrogen and oxygen atoms in total. The molecule has 0 unspecified atom stereocenters. The van der Waals surface area contributed by atoms with Gasteiger partial charge in [0.2, 0.25) is 0 Å². The first kappa shape index (κ1) is 27.7. The number of benzene rings is 3. The Labute approximate surface area is 228 Å². The Balaban J connectivity index is 1.51. The molecule has 1 fully saturated rings. The van der Waals surface area contributed by atoms with Gasteiger partial charge < -0.3 is 14.4 Å².